The number of hydrogen-bond donors (Lipinski definition) is 1. The molecule has 1 N–H and O–H groups in total. The molecule has 29 heavy (non-hydrogen) atoms. The second-order valence-electron chi connectivity index (χ2n) is 7.52. The van der Waals surface area contributed by atoms with Crippen LogP contribution < -0.4 is 5.32 Å². The highest BCUT2D eigenvalue weighted by Crippen LogP contribution is 2.23. The molecule has 0 fully saturated rings. The van der Waals surface area contributed by atoms with Gasteiger partial charge in [-0.05, 0) is 50.5 Å². The Hall–Kier alpha value is -2.04. The van der Waals surface area contributed by atoms with Crippen LogP contribution in [0.5, 0.6) is 0 Å². The Morgan fingerprint density at radius 3 is 2.17 bits per heavy atom. The fourth-order valence-corrected chi connectivity index (χ4v) is 3.44. The summed E-state index contributed by atoms with van der Waals surface area (Å²) in [5.41, 5.74) is 2.89. The van der Waals surface area contributed by atoms with E-state index in [9.17, 15) is 9.59 Å². The van der Waals surface area contributed by atoms with Crippen molar-refractivity contribution in [3.05, 3.63) is 69.2 Å². The van der Waals surface area contributed by atoms with Crippen molar-refractivity contribution >= 4 is 35.0 Å². The quantitative estimate of drug-likeness (QED) is 0.622. The first-order valence-electron chi connectivity index (χ1n) is 9.80. The smallest absolute Gasteiger partial charge is 0.243 e. The third-order valence-electron chi connectivity index (χ3n) is 4.63. The SMILES string of the molecule is CC[C@@H](C(=O)NC(C)C)N(Cc1ccc(C)cc1)C(=O)Cc1ccc(Cl)c(Cl)c1. The van der Waals surface area contributed by atoms with E-state index in [-0.39, 0.29) is 24.3 Å². The summed E-state index contributed by atoms with van der Waals surface area (Å²) in [6.07, 6.45) is 0.672. The van der Waals surface area contributed by atoms with Gasteiger partial charge in [0.1, 0.15) is 6.04 Å². The second kappa shape index (κ2) is 10.7. The number of hydrogen-bond acceptors (Lipinski definition) is 2. The van der Waals surface area contributed by atoms with Crippen molar-refractivity contribution < 1.29 is 9.59 Å². The van der Waals surface area contributed by atoms with E-state index in [1.165, 1.54) is 0 Å². The van der Waals surface area contributed by atoms with Crippen molar-refractivity contribution in [2.24, 2.45) is 0 Å². The van der Waals surface area contributed by atoms with Gasteiger partial charge in [0.15, 0.2) is 0 Å². The van der Waals surface area contributed by atoms with Crippen LogP contribution in [0.1, 0.15) is 43.9 Å². The summed E-state index contributed by atoms with van der Waals surface area (Å²) in [6.45, 7) is 8.12. The molecule has 0 spiro atoms. The molecule has 4 nitrogen and oxygen atoms in total. The third-order valence-corrected chi connectivity index (χ3v) is 5.37. The molecule has 0 bridgehead atoms. The first-order valence-corrected chi connectivity index (χ1v) is 10.6. The van der Waals surface area contributed by atoms with Gasteiger partial charge in [-0.2, -0.15) is 0 Å². The molecule has 0 unspecified atom stereocenters. The molecular formula is C23H28Cl2N2O2. The highest BCUT2D eigenvalue weighted by atomic mass is 35.5. The van der Waals surface area contributed by atoms with Crippen LogP contribution in [0.3, 0.4) is 0 Å². The number of halogens is 2. The van der Waals surface area contributed by atoms with Gasteiger partial charge in [0.2, 0.25) is 11.8 Å². The van der Waals surface area contributed by atoms with Crippen molar-refractivity contribution in [3.8, 4) is 0 Å². The molecule has 0 radical (unpaired) electrons. The summed E-state index contributed by atoms with van der Waals surface area (Å²) in [6, 6.07) is 12.6. The molecule has 0 aliphatic rings. The summed E-state index contributed by atoms with van der Waals surface area (Å²) < 4.78 is 0. The van der Waals surface area contributed by atoms with Gasteiger partial charge in [0.05, 0.1) is 16.5 Å². The van der Waals surface area contributed by atoms with Crippen molar-refractivity contribution in [2.45, 2.75) is 59.2 Å². The average Bonchev–Trinajstić information content (AvgIpc) is 2.65. The Morgan fingerprint density at radius 1 is 1.00 bits per heavy atom. The molecule has 0 aromatic heterocycles. The van der Waals surface area contributed by atoms with Crippen LogP contribution in [0.4, 0.5) is 0 Å². The highest BCUT2D eigenvalue weighted by Gasteiger charge is 2.29. The fraction of sp³-hybridized carbons (Fsp3) is 0.391. The van der Waals surface area contributed by atoms with E-state index >= 15 is 0 Å². The largest absolute Gasteiger partial charge is 0.352 e. The van der Waals surface area contributed by atoms with Crippen LogP contribution in [0, 0.1) is 6.92 Å². The molecule has 2 rings (SSSR count). The van der Waals surface area contributed by atoms with Crippen LogP contribution in [-0.4, -0.2) is 28.8 Å². The number of benzene rings is 2. The van der Waals surface area contributed by atoms with E-state index < -0.39 is 6.04 Å². The third kappa shape index (κ3) is 6.76. The van der Waals surface area contributed by atoms with E-state index in [0.29, 0.717) is 23.0 Å². The van der Waals surface area contributed by atoms with E-state index in [2.05, 4.69) is 5.32 Å². The van der Waals surface area contributed by atoms with Gasteiger partial charge in [-0.3, -0.25) is 9.59 Å². The Bertz CT molecular complexity index is 850. The first-order chi connectivity index (χ1) is 13.7. The standard InChI is InChI=1S/C23H28Cl2N2O2/c1-5-21(23(29)26-15(2)3)27(14-17-8-6-16(4)7-9-17)22(28)13-18-10-11-19(24)20(25)12-18/h6-12,15,21H,5,13-14H2,1-4H3,(H,26,29)/t21-/m0/s1. The van der Waals surface area contributed by atoms with Crippen molar-refractivity contribution in [3.63, 3.8) is 0 Å². The zero-order valence-corrected chi connectivity index (χ0v) is 18.8. The van der Waals surface area contributed by atoms with Gasteiger partial charge in [-0.25, -0.2) is 0 Å². The Balaban J connectivity index is 2.30. The maximum atomic E-state index is 13.2. The molecule has 0 heterocycles. The molecule has 0 saturated heterocycles. The number of nitrogens with zero attached hydrogens (tertiary/aromatic N) is 1. The van der Waals surface area contributed by atoms with E-state index in [4.69, 9.17) is 23.2 Å². The van der Waals surface area contributed by atoms with E-state index in [1.807, 2.05) is 52.0 Å². The molecule has 2 aromatic carbocycles. The fourth-order valence-electron chi connectivity index (χ4n) is 3.12. The monoisotopic (exact) mass is 434 g/mol. The van der Waals surface area contributed by atoms with Gasteiger partial charge in [-0.1, -0.05) is 66.0 Å². The molecule has 0 saturated carbocycles. The lowest BCUT2D eigenvalue weighted by Gasteiger charge is -2.31. The average molecular weight is 435 g/mol. The Morgan fingerprint density at radius 2 is 1.62 bits per heavy atom. The van der Waals surface area contributed by atoms with Gasteiger partial charge in [0, 0.05) is 12.6 Å². The van der Waals surface area contributed by atoms with Crippen LogP contribution in [-0.2, 0) is 22.6 Å². The topological polar surface area (TPSA) is 49.4 Å². The number of amides is 2. The maximum Gasteiger partial charge on any atom is 0.243 e. The summed E-state index contributed by atoms with van der Waals surface area (Å²) >= 11 is 12.1. The number of nitrogens with one attached hydrogen (secondary N) is 1. The summed E-state index contributed by atoms with van der Waals surface area (Å²) in [5, 5.41) is 3.79. The molecule has 2 amide bonds. The predicted octanol–water partition coefficient (Wildman–Crippen LogP) is 5.18. The lowest BCUT2D eigenvalue weighted by atomic mass is 10.1. The Labute approximate surface area is 183 Å². The van der Waals surface area contributed by atoms with Gasteiger partial charge < -0.3 is 10.2 Å². The number of aryl methyl sites for hydroxylation is 1. The van der Waals surface area contributed by atoms with Crippen LogP contribution in [0.15, 0.2) is 42.5 Å². The second-order valence-corrected chi connectivity index (χ2v) is 8.33. The molecular weight excluding hydrogens is 407 g/mol. The minimum Gasteiger partial charge on any atom is -0.352 e. The number of rotatable bonds is 8. The lowest BCUT2D eigenvalue weighted by molar-refractivity contribution is -0.141. The summed E-state index contributed by atoms with van der Waals surface area (Å²) in [4.78, 5) is 27.7. The van der Waals surface area contributed by atoms with Crippen LogP contribution >= 0.6 is 23.2 Å². The normalized spacial score (nSPS) is 12.0. The highest BCUT2D eigenvalue weighted by molar-refractivity contribution is 6.42. The minimum atomic E-state index is -0.547. The molecule has 2 aromatic rings. The molecule has 0 aliphatic heterocycles. The first kappa shape index (κ1) is 23.2. The molecule has 156 valence electrons. The van der Waals surface area contributed by atoms with Crippen LogP contribution in [0.2, 0.25) is 10.0 Å². The van der Waals surface area contributed by atoms with Crippen molar-refractivity contribution in [1.82, 2.24) is 10.2 Å². The van der Waals surface area contributed by atoms with E-state index in [0.717, 1.165) is 16.7 Å². The minimum absolute atomic E-state index is 0.00273. The van der Waals surface area contributed by atoms with Gasteiger partial charge in [0.25, 0.3) is 0 Å². The van der Waals surface area contributed by atoms with Crippen LogP contribution in [0.25, 0.3) is 0 Å². The van der Waals surface area contributed by atoms with Crippen molar-refractivity contribution in [1.29, 1.82) is 0 Å². The Kier molecular flexibility index (Phi) is 8.54. The maximum absolute atomic E-state index is 13.2. The number of carbonyl (C=O) groups excluding carboxylic acids is 2. The molecule has 6 heteroatoms. The van der Waals surface area contributed by atoms with Crippen molar-refractivity contribution in [2.75, 3.05) is 0 Å². The zero-order chi connectivity index (χ0) is 21.6. The summed E-state index contributed by atoms with van der Waals surface area (Å²) in [7, 11) is 0. The van der Waals surface area contributed by atoms with Gasteiger partial charge >= 0.3 is 0 Å². The summed E-state index contributed by atoms with van der Waals surface area (Å²) in [5.74, 6) is -0.271. The zero-order valence-electron chi connectivity index (χ0n) is 17.3. The molecule has 0 aliphatic carbocycles. The van der Waals surface area contributed by atoms with E-state index in [1.54, 1.807) is 23.1 Å². The molecule has 1 atom stereocenters. The predicted molar refractivity (Wildman–Crippen MR) is 119 cm³/mol. The number of carbonyl (C=O) groups is 2. The lowest BCUT2D eigenvalue weighted by Crippen LogP contribution is -2.50. The van der Waals surface area contributed by atoms with Gasteiger partial charge in [-0.15, -0.1) is 0 Å².